The van der Waals surface area contributed by atoms with Crippen LogP contribution in [-0.2, 0) is 11.3 Å². The minimum absolute atomic E-state index is 0.204. The van der Waals surface area contributed by atoms with Crippen LogP contribution in [0.15, 0.2) is 34.9 Å². The standard InChI is InChI=1S/C17H22ClN3O2/c1-2-22-16-10-21(9-13(16)7-19)11-17-20-8-15(23-17)12-3-5-14(18)6-4-12/h3-6,8,13,16H,2,7,9-11,19H2,1H3/t13-,16-/m1/s1. The van der Waals surface area contributed by atoms with E-state index in [1.54, 1.807) is 6.20 Å². The van der Waals surface area contributed by atoms with Gasteiger partial charge in [0.1, 0.15) is 0 Å². The van der Waals surface area contributed by atoms with Crippen molar-refractivity contribution in [3.05, 3.63) is 41.4 Å². The number of ether oxygens (including phenoxy) is 1. The second kappa shape index (κ2) is 7.45. The highest BCUT2D eigenvalue weighted by molar-refractivity contribution is 6.30. The van der Waals surface area contributed by atoms with Crippen LogP contribution in [-0.4, -0.2) is 42.2 Å². The molecule has 1 aromatic heterocycles. The molecule has 0 aliphatic carbocycles. The molecule has 0 spiro atoms. The fourth-order valence-electron chi connectivity index (χ4n) is 3.01. The number of aromatic nitrogens is 1. The van der Waals surface area contributed by atoms with Crippen molar-refractivity contribution in [1.29, 1.82) is 0 Å². The lowest BCUT2D eigenvalue weighted by molar-refractivity contribution is 0.0443. The smallest absolute Gasteiger partial charge is 0.209 e. The minimum atomic E-state index is 0.204. The first-order valence-electron chi connectivity index (χ1n) is 7.94. The summed E-state index contributed by atoms with van der Waals surface area (Å²) >= 11 is 5.91. The maximum Gasteiger partial charge on any atom is 0.209 e. The van der Waals surface area contributed by atoms with Crippen molar-refractivity contribution in [2.45, 2.75) is 19.6 Å². The van der Waals surface area contributed by atoms with Gasteiger partial charge in [0, 0.05) is 36.2 Å². The molecular formula is C17H22ClN3O2. The lowest BCUT2D eigenvalue weighted by Crippen LogP contribution is -2.28. The predicted molar refractivity (Wildman–Crippen MR) is 90.2 cm³/mol. The summed E-state index contributed by atoms with van der Waals surface area (Å²) < 4.78 is 11.6. The summed E-state index contributed by atoms with van der Waals surface area (Å²) in [4.78, 5) is 6.67. The van der Waals surface area contributed by atoms with Crippen molar-refractivity contribution >= 4 is 11.6 Å². The molecule has 5 nitrogen and oxygen atoms in total. The topological polar surface area (TPSA) is 64.5 Å². The van der Waals surface area contributed by atoms with E-state index in [-0.39, 0.29) is 6.10 Å². The summed E-state index contributed by atoms with van der Waals surface area (Å²) in [5, 5.41) is 0.709. The second-order valence-electron chi connectivity index (χ2n) is 5.81. The number of halogens is 1. The van der Waals surface area contributed by atoms with E-state index in [0.29, 0.717) is 36.5 Å². The fourth-order valence-corrected chi connectivity index (χ4v) is 3.13. The summed E-state index contributed by atoms with van der Waals surface area (Å²) in [6.45, 7) is 5.84. The molecule has 2 heterocycles. The van der Waals surface area contributed by atoms with Gasteiger partial charge in [-0.05, 0) is 37.7 Å². The predicted octanol–water partition coefficient (Wildman–Crippen LogP) is 2.79. The van der Waals surface area contributed by atoms with Crippen molar-refractivity contribution in [3.8, 4) is 11.3 Å². The highest BCUT2D eigenvalue weighted by atomic mass is 35.5. The molecule has 1 saturated heterocycles. The van der Waals surface area contributed by atoms with E-state index >= 15 is 0 Å². The fraction of sp³-hybridized carbons (Fsp3) is 0.471. The number of hydrogen-bond donors (Lipinski definition) is 1. The molecule has 6 heteroatoms. The lowest BCUT2D eigenvalue weighted by Gasteiger charge is -2.15. The van der Waals surface area contributed by atoms with Crippen LogP contribution in [0.2, 0.25) is 5.02 Å². The van der Waals surface area contributed by atoms with E-state index in [1.807, 2.05) is 31.2 Å². The lowest BCUT2D eigenvalue weighted by atomic mass is 10.1. The van der Waals surface area contributed by atoms with Crippen LogP contribution in [0.4, 0.5) is 0 Å². The first kappa shape index (κ1) is 16.5. The summed E-state index contributed by atoms with van der Waals surface area (Å²) in [6.07, 6.45) is 1.96. The zero-order valence-electron chi connectivity index (χ0n) is 13.2. The second-order valence-corrected chi connectivity index (χ2v) is 6.25. The number of hydrogen-bond acceptors (Lipinski definition) is 5. The molecule has 2 N–H and O–H groups in total. The van der Waals surface area contributed by atoms with E-state index in [0.717, 1.165) is 24.4 Å². The Kier molecular flexibility index (Phi) is 5.33. The molecule has 23 heavy (non-hydrogen) atoms. The summed E-state index contributed by atoms with van der Waals surface area (Å²) in [5.41, 5.74) is 6.82. The van der Waals surface area contributed by atoms with Gasteiger partial charge in [-0.15, -0.1) is 0 Å². The van der Waals surface area contributed by atoms with E-state index < -0.39 is 0 Å². The summed E-state index contributed by atoms with van der Waals surface area (Å²) in [5.74, 6) is 1.84. The Morgan fingerprint density at radius 3 is 2.83 bits per heavy atom. The third-order valence-electron chi connectivity index (χ3n) is 4.18. The number of oxazole rings is 1. The first-order chi connectivity index (χ1) is 11.2. The zero-order valence-corrected chi connectivity index (χ0v) is 14.0. The Morgan fingerprint density at radius 2 is 2.13 bits per heavy atom. The Balaban J connectivity index is 1.64. The van der Waals surface area contributed by atoms with Crippen molar-refractivity contribution in [3.63, 3.8) is 0 Å². The van der Waals surface area contributed by atoms with Crippen molar-refractivity contribution in [1.82, 2.24) is 9.88 Å². The van der Waals surface area contributed by atoms with Gasteiger partial charge in [-0.25, -0.2) is 4.98 Å². The Hall–Kier alpha value is -1.40. The Bertz CT molecular complexity index is 629. The molecule has 0 amide bonds. The SMILES string of the molecule is CCO[C@@H]1CN(Cc2ncc(-c3ccc(Cl)cc3)o2)C[C@H]1CN. The summed E-state index contributed by atoms with van der Waals surface area (Å²) in [7, 11) is 0. The van der Waals surface area contributed by atoms with Crippen molar-refractivity contribution in [2.24, 2.45) is 11.7 Å². The number of likely N-dealkylation sites (tertiary alicyclic amines) is 1. The molecule has 1 aliphatic rings. The molecule has 0 unspecified atom stereocenters. The molecule has 1 fully saturated rings. The molecular weight excluding hydrogens is 314 g/mol. The molecule has 124 valence electrons. The average Bonchev–Trinajstić information content (AvgIpc) is 3.16. The number of nitrogens with two attached hydrogens (primary N) is 1. The molecule has 1 aliphatic heterocycles. The van der Waals surface area contributed by atoms with Gasteiger partial charge in [0.25, 0.3) is 0 Å². The molecule has 0 radical (unpaired) electrons. The molecule has 0 bridgehead atoms. The highest BCUT2D eigenvalue weighted by Crippen LogP contribution is 2.25. The van der Waals surface area contributed by atoms with Crippen molar-refractivity contribution in [2.75, 3.05) is 26.2 Å². The Morgan fingerprint density at radius 1 is 1.35 bits per heavy atom. The van der Waals surface area contributed by atoms with Gasteiger partial charge >= 0.3 is 0 Å². The highest BCUT2D eigenvalue weighted by Gasteiger charge is 2.32. The number of benzene rings is 1. The molecule has 0 saturated carbocycles. The maximum absolute atomic E-state index is 5.91. The van der Waals surface area contributed by atoms with Crippen LogP contribution in [0.5, 0.6) is 0 Å². The summed E-state index contributed by atoms with van der Waals surface area (Å²) in [6, 6.07) is 7.55. The molecule has 2 atom stereocenters. The van der Waals surface area contributed by atoms with Gasteiger partial charge < -0.3 is 14.9 Å². The monoisotopic (exact) mass is 335 g/mol. The molecule has 3 rings (SSSR count). The van der Waals surface area contributed by atoms with E-state index in [2.05, 4.69) is 9.88 Å². The van der Waals surface area contributed by atoms with E-state index in [4.69, 9.17) is 26.5 Å². The largest absolute Gasteiger partial charge is 0.439 e. The van der Waals surface area contributed by atoms with Crippen LogP contribution in [0.25, 0.3) is 11.3 Å². The van der Waals surface area contributed by atoms with E-state index in [1.165, 1.54) is 0 Å². The number of nitrogens with zero attached hydrogens (tertiary/aromatic N) is 2. The van der Waals surface area contributed by atoms with E-state index in [9.17, 15) is 0 Å². The molecule has 1 aromatic carbocycles. The molecule has 2 aromatic rings. The van der Waals surface area contributed by atoms with Crippen LogP contribution in [0, 0.1) is 5.92 Å². The van der Waals surface area contributed by atoms with Gasteiger partial charge in [0.2, 0.25) is 5.89 Å². The van der Waals surface area contributed by atoms with Crippen LogP contribution < -0.4 is 5.73 Å². The Labute approximate surface area is 141 Å². The maximum atomic E-state index is 5.91. The third kappa shape index (κ3) is 3.93. The third-order valence-corrected chi connectivity index (χ3v) is 4.43. The van der Waals surface area contributed by atoms with Gasteiger partial charge in [0.15, 0.2) is 5.76 Å². The first-order valence-corrected chi connectivity index (χ1v) is 8.32. The number of rotatable bonds is 6. The van der Waals surface area contributed by atoms with Gasteiger partial charge in [-0.1, -0.05) is 11.6 Å². The van der Waals surface area contributed by atoms with Crippen LogP contribution in [0.1, 0.15) is 12.8 Å². The van der Waals surface area contributed by atoms with Crippen LogP contribution >= 0.6 is 11.6 Å². The van der Waals surface area contributed by atoms with Gasteiger partial charge in [-0.3, -0.25) is 4.90 Å². The van der Waals surface area contributed by atoms with Gasteiger partial charge in [-0.2, -0.15) is 0 Å². The minimum Gasteiger partial charge on any atom is -0.439 e. The average molecular weight is 336 g/mol. The van der Waals surface area contributed by atoms with Crippen LogP contribution in [0.3, 0.4) is 0 Å². The van der Waals surface area contributed by atoms with Crippen molar-refractivity contribution < 1.29 is 9.15 Å². The zero-order chi connectivity index (χ0) is 16.2. The van der Waals surface area contributed by atoms with Gasteiger partial charge in [0.05, 0.1) is 18.8 Å². The normalized spacial score (nSPS) is 21.9. The quantitative estimate of drug-likeness (QED) is 0.879.